The van der Waals surface area contributed by atoms with Gasteiger partial charge in [0.1, 0.15) is 5.75 Å². The third-order valence-electron chi connectivity index (χ3n) is 3.92. The van der Waals surface area contributed by atoms with E-state index in [1.54, 1.807) is 18.2 Å². The molecule has 0 aliphatic heterocycles. The minimum absolute atomic E-state index is 0.131. The quantitative estimate of drug-likeness (QED) is 0.164. The summed E-state index contributed by atoms with van der Waals surface area (Å²) < 4.78 is 3.63. The van der Waals surface area contributed by atoms with Crippen molar-refractivity contribution < 1.29 is 9.90 Å². The zero-order chi connectivity index (χ0) is 21.7. The normalized spacial score (nSPS) is 11.2. The first-order valence-electron chi connectivity index (χ1n) is 8.71. The van der Waals surface area contributed by atoms with Gasteiger partial charge in [0.2, 0.25) is 0 Å². The maximum atomic E-state index is 12.2. The minimum atomic E-state index is -0.283. The molecular weight excluding hydrogens is 652 g/mol. The Morgan fingerprint density at radius 2 is 2.03 bits per heavy atom. The Bertz CT molecular complexity index is 1090. The number of aromatic hydroxyl groups is 1. The lowest BCUT2D eigenvalue weighted by Gasteiger charge is -2.07. The van der Waals surface area contributed by atoms with Gasteiger partial charge in [-0.3, -0.25) is 4.79 Å². The van der Waals surface area contributed by atoms with Crippen molar-refractivity contribution >= 4 is 80.7 Å². The van der Waals surface area contributed by atoms with Crippen LogP contribution in [0.25, 0.3) is 11.4 Å². The van der Waals surface area contributed by atoms with E-state index >= 15 is 0 Å². The predicted molar refractivity (Wildman–Crippen MR) is 136 cm³/mol. The van der Waals surface area contributed by atoms with Gasteiger partial charge in [-0.1, -0.05) is 23.4 Å². The number of hydrogen-bond acceptors (Lipinski definition) is 6. The third kappa shape index (κ3) is 5.86. The summed E-state index contributed by atoms with van der Waals surface area (Å²) in [5.74, 6) is 0.703. The highest BCUT2D eigenvalue weighted by Crippen LogP contribution is 2.26. The topological polar surface area (TPSA) is 92.4 Å². The number of amides is 1. The Hall–Kier alpha value is -1.38. The molecule has 0 spiro atoms. The molecule has 2 aromatic carbocycles. The van der Waals surface area contributed by atoms with Crippen molar-refractivity contribution in [2.75, 3.05) is 5.75 Å². The smallest absolute Gasteiger partial charge is 0.250 e. The SMILES string of the molecule is CCn1c(SCC(=O)NN=Cc2cc(I)cc(I)c2O)nnc1-c1ccc(Cl)cc1. The molecular formula is C19H16ClI2N5O2S. The van der Waals surface area contributed by atoms with Gasteiger partial charge < -0.3 is 9.67 Å². The number of nitrogens with zero attached hydrogens (tertiary/aromatic N) is 4. The van der Waals surface area contributed by atoms with Crippen LogP contribution in [-0.2, 0) is 11.3 Å². The molecule has 1 amide bonds. The molecule has 0 bridgehead atoms. The largest absolute Gasteiger partial charge is 0.506 e. The predicted octanol–water partition coefficient (Wildman–Crippen LogP) is 4.78. The number of carbonyl (C=O) groups excluding carboxylic acids is 1. The van der Waals surface area contributed by atoms with Crippen molar-refractivity contribution in [2.24, 2.45) is 5.10 Å². The highest BCUT2D eigenvalue weighted by Gasteiger charge is 2.14. The number of thioether (sulfide) groups is 1. The van der Waals surface area contributed by atoms with Crippen LogP contribution < -0.4 is 5.43 Å². The van der Waals surface area contributed by atoms with Crippen molar-refractivity contribution in [3.63, 3.8) is 0 Å². The van der Waals surface area contributed by atoms with Crippen LogP contribution in [-0.4, -0.2) is 37.7 Å². The van der Waals surface area contributed by atoms with Crippen LogP contribution in [0.5, 0.6) is 5.75 Å². The van der Waals surface area contributed by atoms with Crippen LogP contribution in [0.1, 0.15) is 12.5 Å². The van der Waals surface area contributed by atoms with Crippen molar-refractivity contribution in [1.29, 1.82) is 0 Å². The number of carbonyl (C=O) groups is 1. The number of phenolic OH excluding ortho intramolecular Hbond substituents is 1. The van der Waals surface area contributed by atoms with Crippen LogP contribution in [0.3, 0.4) is 0 Å². The van der Waals surface area contributed by atoms with Crippen LogP contribution in [0.4, 0.5) is 0 Å². The second kappa shape index (κ2) is 10.8. The number of phenols is 1. The van der Waals surface area contributed by atoms with Crippen molar-refractivity contribution in [3.8, 4) is 17.1 Å². The summed E-state index contributed by atoms with van der Waals surface area (Å²) in [6, 6.07) is 11.0. The first-order valence-corrected chi connectivity index (χ1v) is 12.2. The summed E-state index contributed by atoms with van der Waals surface area (Å²) in [7, 11) is 0. The van der Waals surface area contributed by atoms with Crippen LogP contribution in [0.2, 0.25) is 5.02 Å². The first kappa shape index (κ1) is 23.3. The number of halogens is 3. The first-order chi connectivity index (χ1) is 14.4. The van der Waals surface area contributed by atoms with Gasteiger partial charge in [-0.15, -0.1) is 10.2 Å². The van der Waals surface area contributed by atoms with Crippen molar-refractivity contribution in [1.82, 2.24) is 20.2 Å². The lowest BCUT2D eigenvalue weighted by atomic mass is 10.2. The van der Waals surface area contributed by atoms with Crippen LogP contribution >= 0.6 is 68.5 Å². The summed E-state index contributed by atoms with van der Waals surface area (Å²) in [5, 5.41) is 23.8. The molecule has 11 heteroatoms. The van der Waals surface area contributed by atoms with Crippen LogP contribution in [0, 0.1) is 7.14 Å². The van der Waals surface area contributed by atoms with E-state index < -0.39 is 0 Å². The number of rotatable bonds is 7. The van der Waals surface area contributed by atoms with E-state index in [2.05, 4.69) is 43.3 Å². The minimum Gasteiger partial charge on any atom is -0.506 e. The molecule has 0 fully saturated rings. The van der Waals surface area contributed by atoms with Gasteiger partial charge in [-0.25, -0.2) is 5.43 Å². The Labute approximate surface area is 210 Å². The van der Waals surface area contributed by atoms with Crippen molar-refractivity contribution in [2.45, 2.75) is 18.6 Å². The van der Waals surface area contributed by atoms with Gasteiger partial charge in [-0.2, -0.15) is 5.10 Å². The molecule has 0 saturated carbocycles. The van der Waals surface area contributed by atoms with E-state index in [0.29, 0.717) is 22.3 Å². The molecule has 0 aliphatic carbocycles. The highest BCUT2D eigenvalue weighted by atomic mass is 127. The number of nitrogens with one attached hydrogen (secondary N) is 1. The third-order valence-corrected chi connectivity index (χ3v) is 6.58. The Balaban J connectivity index is 1.62. The van der Waals surface area contributed by atoms with E-state index in [4.69, 9.17) is 11.6 Å². The van der Waals surface area contributed by atoms with E-state index in [-0.39, 0.29) is 17.4 Å². The lowest BCUT2D eigenvalue weighted by molar-refractivity contribution is -0.118. The summed E-state index contributed by atoms with van der Waals surface area (Å²) in [5.41, 5.74) is 3.91. The zero-order valence-electron chi connectivity index (χ0n) is 15.6. The number of hydrogen-bond donors (Lipinski definition) is 2. The summed E-state index contributed by atoms with van der Waals surface area (Å²) in [4.78, 5) is 12.2. The van der Waals surface area contributed by atoms with Crippen LogP contribution in [0.15, 0.2) is 46.7 Å². The average Bonchev–Trinajstić information content (AvgIpc) is 3.13. The second-order valence-electron chi connectivity index (χ2n) is 5.96. The molecule has 0 unspecified atom stereocenters. The van der Waals surface area contributed by atoms with E-state index in [1.165, 1.54) is 18.0 Å². The Morgan fingerprint density at radius 1 is 1.30 bits per heavy atom. The average molecular weight is 668 g/mol. The van der Waals surface area contributed by atoms with Gasteiger partial charge in [0.25, 0.3) is 5.91 Å². The maximum absolute atomic E-state index is 12.2. The molecule has 0 atom stereocenters. The van der Waals surface area contributed by atoms with E-state index in [9.17, 15) is 9.90 Å². The van der Waals surface area contributed by atoms with Gasteiger partial charge in [-0.05, 0) is 88.5 Å². The molecule has 0 radical (unpaired) electrons. The van der Waals surface area contributed by atoms with Gasteiger partial charge >= 0.3 is 0 Å². The molecule has 3 rings (SSSR count). The standard InChI is InChI=1S/C19H16ClI2N5O2S/c1-2-27-18(11-3-5-13(20)6-4-11)25-26-19(27)30-10-16(28)24-23-9-12-7-14(21)8-15(22)17(12)29/h3-9,29H,2,10H2,1H3,(H,24,28). The number of benzene rings is 2. The molecule has 3 aromatic rings. The zero-order valence-corrected chi connectivity index (χ0v) is 21.5. The van der Waals surface area contributed by atoms with E-state index in [1.807, 2.05) is 52.3 Å². The maximum Gasteiger partial charge on any atom is 0.250 e. The Kier molecular flexibility index (Phi) is 8.36. The van der Waals surface area contributed by atoms with Gasteiger partial charge in [0.05, 0.1) is 15.5 Å². The van der Waals surface area contributed by atoms with Gasteiger partial charge in [0.15, 0.2) is 11.0 Å². The molecule has 0 saturated heterocycles. The Morgan fingerprint density at radius 3 is 2.73 bits per heavy atom. The summed E-state index contributed by atoms with van der Waals surface area (Å²) in [6.07, 6.45) is 1.43. The molecule has 156 valence electrons. The lowest BCUT2D eigenvalue weighted by Crippen LogP contribution is -2.20. The number of hydrazone groups is 1. The molecule has 1 heterocycles. The summed E-state index contributed by atoms with van der Waals surface area (Å²) >= 11 is 11.4. The second-order valence-corrected chi connectivity index (χ2v) is 9.75. The van der Waals surface area contributed by atoms with Gasteiger partial charge in [0, 0.05) is 26.3 Å². The monoisotopic (exact) mass is 667 g/mol. The fraction of sp³-hybridized carbons (Fsp3) is 0.158. The van der Waals surface area contributed by atoms with E-state index in [0.717, 1.165) is 18.5 Å². The molecule has 30 heavy (non-hydrogen) atoms. The number of aromatic nitrogens is 3. The fourth-order valence-electron chi connectivity index (χ4n) is 2.51. The van der Waals surface area contributed by atoms with Crippen molar-refractivity contribution in [3.05, 3.63) is 54.1 Å². The molecule has 1 aromatic heterocycles. The fourth-order valence-corrected chi connectivity index (χ4v) is 5.32. The summed E-state index contributed by atoms with van der Waals surface area (Å²) in [6.45, 7) is 2.66. The molecule has 2 N–H and O–H groups in total. The highest BCUT2D eigenvalue weighted by molar-refractivity contribution is 14.1. The molecule has 0 aliphatic rings. The molecule has 7 nitrogen and oxygen atoms in total.